The zero-order valence-electron chi connectivity index (χ0n) is 11.4. The smallest absolute Gasteiger partial charge is 0.226 e. The van der Waals surface area contributed by atoms with E-state index >= 15 is 0 Å². The van der Waals surface area contributed by atoms with Crippen molar-refractivity contribution < 1.29 is 4.79 Å². The minimum Gasteiger partial charge on any atom is -0.302 e. The lowest BCUT2D eigenvalue weighted by atomic mass is 10.2. The lowest BCUT2D eigenvalue weighted by molar-refractivity contribution is -0.116. The Hall–Kier alpha value is -1.79. The fourth-order valence-corrected chi connectivity index (χ4v) is 3.61. The molecule has 108 valence electrons. The number of rotatable bonds is 6. The minimum absolute atomic E-state index is 0.0363. The first-order chi connectivity index (χ1) is 10.3. The van der Waals surface area contributed by atoms with Crippen molar-refractivity contribution in [2.24, 2.45) is 0 Å². The van der Waals surface area contributed by atoms with Gasteiger partial charge in [0.05, 0.1) is 15.2 Å². The third-order valence-electron chi connectivity index (χ3n) is 3.06. The summed E-state index contributed by atoms with van der Waals surface area (Å²) in [6.45, 7) is 0. The Morgan fingerprint density at radius 2 is 2.14 bits per heavy atom. The number of fused-ring (bicyclic) bond motifs is 1. The summed E-state index contributed by atoms with van der Waals surface area (Å²) in [6, 6.07) is 8.18. The topological polar surface area (TPSA) is 54.9 Å². The van der Waals surface area contributed by atoms with Crippen LogP contribution < -0.4 is 5.32 Å². The van der Waals surface area contributed by atoms with Gasteiger partial charge in [0.2, 0.25) is 5.91 Å². The minimum atomic E-state index is 0.0363. The average molecular weight is 317 g/mol. The molecule has 0 aliphatic rings. The molecule has 0 fully saturated rings. The van der Waals surface area contributed by atoms with Gasteiger partial charge in [-0.2, -0.15) is 0 Å². The molecule has 0 bridgehead atoms. The van der Waals surface area contributed by atoms with E-state index in [1.54, 1.807) is 17.5 Å². The van der Waals surface area contributed by atoms with Crippen molar-refractivity contribution >= 4 is 43.9 Å². The third kappa shape index (κ3) is 3.86. The molecule has 1 aromatic carbocycles. The van der Waals surface area contributed by atoms with Crippen molar-refractivity contribution in [1.29, 1.82) is 0 Å². The zero-order chi connectivity index (χ0) is 14.5. The molecule has 1 N–H and O–H groups in total. The molecule has 4 nitrogen and oxygen atoms in total. The number of nitrogens with zero attached hydrogens (tertiary/aromatic N) is 2. The van der Waals surface area contributed by atoms with Crippen molar-refractivity contribution in [2.75, 3.05) is 5.32 Å². The number of para-hydroxylation sites is 1. The molecule has 2 heterocycles. The molecule has 1 amide bonds. The standard InChI is InChI=1S/C15H15N3OS2/c19-13(18-15-16-9-10-20-15)7-3-4-8-14-17-11-5-1-2-6-12(11)21-14/h1-2,5-6,9-10H,3-4,7-8H2,(H,16,18,19). The highest BCUT2D eigenvalue weighted by molar-refractivity contribution is 7.18. The first kappa shape index (κ1) is 14.2. The number of amides is 1. The summed E-state index contributed by atoms with van der Waals surface area (Å²) >= 11 is 3.18. The summed E-state index contributed by atoms with van der Waals surface area (Å²) in [5.41, 5.74) is 1.07. The summed E-state index contributed by atoms with van der Waals surface area (Å²) in [5.74, 6) is 0.0363. The molecular formula is C15H15N3OS2. The summed E-state index contributed by atoms with van der Waals surface area (Å²) in [4.78, 5) is 20.3. The quantitative estimate of drug-likeness (QED) is 0.696. The van der Waals surface area contributed by atoms with Crippen LogP contribution in [-0.2, 0) is 11.2 Å². The fraction of sp³-hybridized carbons (Fsp3) is 0.267. The van der Waals surface area contributed by atoms with Gasteiger partial charge < -0.3 is 5.32 Å². The predicted octanol–water partition coefficient (Wildman–Crippen LogP) is 4.10. The fourth-order valence-electron chi connectivity index (χ4n) is 2.06. The van der Waals surface area contributed by atoms with Crippen molar-refractivity contribution in [1.82, 2.24) is 9.97 Å². The number of anilines is 1. The molecular weight excluding hydrogens is 302 g/mol. The summed E-state index contributed by atoms with van der Waals surface area (Å²) in [5, 5.41) is 6.47. The van der Waals surface area contributed by atoms with Crippen LogP contribution in [0.1, 0.15) is 24.3 Å². The van der Waals surface area contributed by atoms with E-state index in [0.717, 1.165) is 29.8 Å². The molecule has 0 unspecified atom stereocenters. The lowest BCUT2D eigenvalue weighted by Gasteiger charge is -2.00. The molecule has 0 atom stereocenters. The number of unbranched alkanes of at least 4 members (excludes halogenated alkanes) is 1. The lowest BCUT2D eigenvalue weighted by Crippen LogP contribution is -2.10. The number of carbonyl (C=O) groups is 1. The Balaban J connectivity index is 1.42. The molecule has 0 saturated carbocycles. The van der Waals surface area contributed by atoms with Crippen molar-refractivity contribution in [3.8, 4) is 0 Å². The Bertz CT molecular complexity index is 688. The maximum atomic E-state index is 11.7. The molecule has 2 aromatic heterocycles. The van der Waals surface area contributed by atoms with E-state index in [9.17, 15) is 4.79 Å². The Morgan fingerprint density at radius 3 is 2.95 bits per heavy atom. The normalized spacial score (nSPS) is 10.9. The number of hydrogen-bond acceptors (Lipinski definition) is 5. The monoisotopic (exact) mass is 317 g/mol. The Morgan fingerprint density at radius 1 is 1.24 bits per heavy atom. The number of benzene rings is 1. The van der Waals surface area contributed by atoms with Crippen LogP contribution >= 0.6 is 22.7 Å². The second-order valence-electron chi connectivity index (χ2n) is 4.67. The van der Waals surface area contributed by atoms with Crippen LogP contribution in [-0.4, -0.2) is 15.9 Å². The van der Waals surface area contributed by atoms with E-state index in [0.29, 0.717) is 11.6 Å². The van der Waals surface area contributed by atoms with Crippen LogP contribution in [0, 0.1) is 0 Å². The summed E-state index contributed by atoms with van der Waals surface area (Å²) < 4.78 is 1.23. The van der Waals surface area contributed by atoms with E-state index < -0.39 is 0 Å². The molecule has 21 heavy (non-hydrogen) atoms. The van der Waals surface area contributed by atoms with Gasteiger partial charge >= 0.3 is 0 Å². The van der Waals surface area contributed by atoms with Gasteiger partial charge in [0.25, 0.3) is 0 Å². The predicted molar refractivity (Wildman–Crippen MR) is 87.9 cm³/mol. The highest BCUT2D eigenvalue weighted by atomic mass is 32.1. The van der Waals surface area contributed by atoms with Crippen molar-refractivity contribution in [3.63, 3.8) is 0 Å². The molecule has 0 spiro atoms. The zero-order valence-corrected chi connectivity index (χ0v) is 13.0. The second kappa shape index (κ2) is 6.78. The van der Waals surface area contributed by atoms with Crippen LogP contribution in [0.3, 0.4) is 0 Å². The van der Waals surface area contributed by atoms with Crippen LogP contribution in [0.25, 0.3) is 10.2 Å². The highest BCUT2D eigenvalue weighted by Crippen LogP contribution is 2.23. The SMILES string of the molecule is O=C(CCCCc1nc2ccccc2s1)Nc1nccs1. The summed E-state index contributed by atoms with van der Waals surface area (Å²) in [7, 11) is 0. The summed E-state index contributed by atoms with van der Waals surface area (Å²) in [6.07, 6.45) is 5.00. The van der Waals surface area contributed by atoms with E-state index in [4.69, 9.17) is 0 Å². The molecule has 0 aliphatic carbocycles. The molecule has 6 heteroatoms. The van der Waals surface area contributed by atoms with E-state index in [-0.39, 0.29) is 5.91 Å². The number of nitrogens with one attached hydrogen (secondary N) is 1. The van der Waals surface area contributed by atoms with Crippen LogP contribution in [0.15, 0.2) is 35.8 Å². The molecule has 0 aliphatic heterocycles. The number of thiazole rings is 2. The second-order valence-corrected chi connectivity index (χ2v) is 6.68. The Kier molecular flexibility index (Phi) is 4.57. The van der Waals surface area contributed by atoms with Crippen LogP contribution in [0.2, 0.25) is 0 Å². The number of carbonyl (C=O) groups excluding carboxylic acids is 1. The van der Waals surface area contributed by atoms with E-state index in [1.807, 2.05) is 23.6 Å². The average Bonchev–Trinajstić information content (AvgIpc) is 3.12. The first-order valence-electron chi connectivity index (χ1n) is 6.85. The largest absolute Gasteiger partial charge is 0.302 e. The van der Waals surface area contributed by atoms with Crippen molar-refractivity contribution in [3.05, 3.63) is 40.8 Å². The number of hydrogen-bond donors (Lipinski definition) is 1. The van der Waals surface area contributed by atoms with Gasteiger partial charge in [-0.15, -0.1) is 22.7 Å². The van der Waals surface area contributed by atoms with E-state index in [1.165, 1.54) is 16.0 Å². The van der Waals surface area contributed by atoms with E-state index in [2.05, 4.69) is 21.4 Å². The highest BCUT2D eigenvalue weighted by Gasteiger charge is 2.06. The van der Waals surface area contributed by atoms with Crippen LogP contribution in [0.5, 0.6) is 0 Å². The van der Waals surface area contributed by atoms with Gasteiger partial charge in [0.1, 0.15) is 0 Å². The van der Waals surface area contributed by atoms with Crippen molar-refractivity contribution in [2.45, 2.75) is 25.7 Å². The van der Waals surface area contributed by atoms with Gasteiger partial charge in [0.15, 0.2) is 5.13 Å². The molecule has 0 radical (unpaired) electrons. The van der Waals surface area contributed by atoms with Gasteiger partial charge in [-0.05, 0) is 31.4 Å². The van der Waals surface area contributed by atoms with Gasteiger partial charge in [-0.25, -0.2) is 9.97 Å². The first-order valence-corrected chi connectivity index (χ1v) is 8.55. The number of aromatic nitrogens is 2. The molecule has 3 aromatic rings. The van der Waals surface area contributed by atoms with Gasteiger partial charge in [0, 0.05) is 18.0 Å². The van der Waals surface area contributed by atoms with Crippen LogP contribution in [0.4, 0.5) is 5.13 Å². The maximum absolute atomic E-state index is 11.7. The Labute approximate surface area is 130 Å². The van der Waals surface area contributed by atoms with Gasteiger partial charge in [-0.3, -0.25) is 4.79 Å². The van der Waals surface area contributed by atoms with Gasteiger partial charge in [-0.1, -0.05) is 12.1 Å². The molecule has 3 rings (SSSR count). The molecule has 0 saturated heterocycles. The number of aryl methyl sites for hydroxylation is 1. The third-order valence-corrected chi connectivity index (χ3v) is 4.85. The maximum Gasteiger partial charge on any atom is 0.226 e.